The number of H-pyrrole nitrogens is 1. The third-order valence-electron chi connectivity index (χ3n) is 15.9. The van der Waals surface area contributed by atoms with Gasteiger partial charge in [-0.2, -0.15) is 4.31 Å². The van der Waals surface area contributed by atoms with Gasteiger partial charge in [0.1, 0.15) is 96.1 Å². The Morgan fingerprint density at radius 3 is 2.03 bits per heavy atom. The molecule has 0 spiro atoms. The topological polar surface area (TPSA) is 615 Å². The molecule has 3 aromatic rings. The number of fused-ring (bicyclic) bond motifs is 2. The van der Waals surface area contributed by atoms with Crippen LogP contribution < -0.4 is 53.9 Å². The quantitative estimate of drug-likeness (QED) is 0.0118. The number of hydrogen-bond acceptors (Lipinski definition) is 27. The van der Waals surface area contributed by atoms with Crippen LogP contribution in [0.4, 0.5) is 5.69 Å². The summed E-state index contributed by atoms with van der Waals surface area (Å²) >= 11 is 0. The van der Waals surface area contributed by atoms with Crippen molar-refractivity contribution in [3.05, 3.63) is 103 Å². The Hall–Kier alpha value is -9.38. The first-order valence-electron chi connectivity index (χ1n) is 31.1. The number of aromatic carboxylic acids is 1. The lowest BCUT2D eigenvalue weighted by Crippen LogP contribution is -2.66. The molecule has 40 nitrogen and oxygen atoms in total. The van der Waals surface area contributed by atoms with Crippen molar-refractivity contribution in [3.63, 3.8) is 0 Å². The van der Waals surface area contributed by atoms with E-state index < -0.39 is 203 Å². The van der Waals surface area contributed by atoms with E-state index in [1.807, 2.05) is 4.98 Å². The molecule has 2 fully saturated rings. The van der Waals surface area contributed by atoms with E-state index in [2.05, 4.69) is 41.5 Å². The molecular formula is C60H75N9O31P2. The summed E-state index contributed by atoms with van der Waals surface area (Å²) in [7, 11) is -11.8. The molecule has 3 unspecified atom stereocenters. The fourth-order valence-corrected chi connectivity index (χ4v) is 12.9. The molecule has 0 saturated carbocycles. The third-order valence-corrected chi connectivity index (χ3v) is 18.5. The number of unbranched alkanes of at least 4 members (excludes halogenated alkanes) is 1. The predicted molar refractivity (Wildman–Crippen MR) is 345 cm³/mol. The maximum absolute atomic E-state index is 13.8. The smallest absolute Gasteiger partial charge is 0.483 e. The van der Waals surface area contributed by atoms with Gasteiger partial charge in [-0.1, -0.05) is 6.07 Å². The van der Waals surface area contributed by atoms with E-state index in [-0.39, 0.29) is 54.0 Å². The number of benzene rings is 3. The number of phosphoric ester groups is 2. The Kier molecular flexibility index (Phi) is 27.1. The minimum Gasteiger partial charge on any atom is -0.508 e. The first-order valence-corrected chi connectivity index (χ1v) is 34.0. The lowest BCUT2D eigenvalue weighted by Gasteiger charge is -2.44. The van der Waals surface area contributed by atoms with Crippen molar-refractivity contribution in [2.45, 2.75) is 158 Å². The minimum atomic E-state index is -6.00. The van der Waals surface area contributed by atoms with Crippen LogP contribution in [0, 0.1) is 0 Å². The summed E-state index contributed by atoms with van der Waals surface area (Å²) in [4.78, 5) is 176. The Morgan fingerprint density at radius 1 is 0.706 bits per heavy atom. The Bertz CT molecular complexity index is 4210. The monoisotopic (exact) mass is 1480 g/mol. The van der Waals surface area contributed by atoms with Crippen molar-refractivity contribution in [3.8, 4) is 28.2 Å². The number of ether oxygens (including phenoxy) is 3. The highest BCUT2D eigenvalue weighted by molar-refractivity contribution is 7.61. The summed E-state index contributed by atoms with van der Waals surface area (Å²) in [6.07, 6.45) is -17.6. The molecular weight excluding hydrogens is 1400 g/mol. The van der Waals surface area contributed by atoms with E-state index in [0.29, 0.717) is 26.8 Å². The number of carboxylic acids is 3. The van der Waals surface area contributed by atoms with E-state index in [1.165, 1.54) is 62.4 Å². The molecule has 18 N–H and O–H groups in total. The third kappa shape index (κ3) is 20.7. The van der Waals surface area contributed by atoms with Gasteiger partial charge in [0.25, 0.3) is 5.56 Å². The van der Waals surface area contributed by atoms with Gasteiger partial charge in [-0.3, -0.25) is 61.7 Å². The lowest BCUT2D eigenvalue weighted by molar-refractivity contribution is -0.261. The van der Waals surface area contributed by atoms with E-state index in [0.717, 1.165) is 33.0 Å². The number of carbonyl (C=O) groups excluding carboxylic acids is 6. The number of aromatic hydroxyl groups is 1. The van der Waals surface area contributed by atoms with Crippen LogP contribution in [-0.4, -0.2) is 219 Å². The number of anilines is 1. The standard InChI is InChI=1S/C60H75N9O31P2/c1-25(51(79)64-27(3)56(83)84)63-54(82)36(10-6-7-19-61-35-11-8-9-34(57(85)86)45(35)44-32-14-12-30(72)21-38(32)96-39-22-31(73)13-15-33(39)44)66-42(74)17-16-37(58(87)88)67-52(80)26(2)62-53(81)28(4)95-50-46(65-29(5)71)59(98-40(23-70)48(50)77)99-102(92,93)100-101(90,91)94-24-41-47(76)49(78)55(97-41)69-20-18-43(75)68-60(69)89/h8-9,11-15,18,20-22,25-28,36-37,40-41,46-50,55,59,61,70,72,76-78H,6-7,10,16-17,19,23-24H2,1-5H3,(H,62,81)(H,63,82)(H,64,79)(H,65,71)(H,66,74)(H,67,80)(H,83,84)(H,85,86)(H,87,88)(H,90,91)(H,92,93)(H,68,75,89)/t25-,26-,27-,28?,36-,37-,40+,41+,46+,47+,48+,49+,50+,55+,59+/m0/s1. The second-order valence-electron chi connectivity index (χ2n) is 23.5. The highest BCUT2D eigenvalue weighted by Gasteiger charge is 2.52. The number of hydrogen-bond donors (Lipinski definition) is 18. The molecule has 3 aliphatic heterocycles. The SMILES string of the molecule is CC(=O)N[C@H]1[C@@H](OP(=O)(O)OP(=O)(O)OC[C@H]2O[C@@H](n3ccc(=O)[nH]c3=O)[C@H](O)[C@@H]2O)O[C@H](CO)[C@@H](O)[C@@H]1OC(C)C(=O)N[C@@H](C)C(=O)N[C@@H](CCC(=O)N[C@@H](CCCCNc1cccc(C(=O)O)c1-c1c2ccc(=O)cc-2oc2cc(O)ccc12)C(=O)N[C@@H](C)C(=O)N[C@@H](C)C(=O)O)C(=O)O. The van der Waals surface area contributed by atoms with Gasteiger partial charge in [-0.05, 0) is 89.8 Å². The highest BCUT2D eigenvalue weighted by atomic mass is 31.3. The molecule has 2 saturated heterocycles. The molecule has 6 amide bonds. The minimum absolute atomic E-state index is 0.0941. The molecule has 7 rings (SSSR count). The second-order valence-corrected chi connectivity index (χ2v) is 26.5. The fourth-order valence-electron chi connectivity index (χ4n) is 10.7. The number of nitrogens with one attached hydrogen (secondary N) is 8. The van der Waals surface area contributed by atoms with Gasteiger partial charge < -0.3 is 106 Å². The fraction of sp³-hybridized carbons (Fsp3) is 0.467. The van der Waals surface area contributed by atoms with Gasteiger partial charge in [-0.15, -0.1) is 0 Å². The van der Waals surface area contributed by atoms with E-state index in [9.17, 15) is 117 Å². The lowest BCUT2D eigenvalue weighted by atomic mass is 9.89. The molecule has 2 aromatic carbocycles. The summed E-state index contributed by atoms with van der Waals surface area (Å²) in [6, 6.07) is 3.80. The van der Waals surface area contributed by atoms with Crippen molar-refractivity contribution < 1.29 is 135 Å². The Balaban J connectivity index is 0.964. The normalized spacial score (nSPS) is 22.6. The molecule has 0 bridgehead atoms. The summed E-state index contributed by atoms with van der Waals surface area (Å²) in [5.74, 6) is -10.6. The number of phosphoric acid groups is 2. The van der Waals surface area contributed by atoms with Crippen LogP contribution >= 0.6 is 15.6 Å². The van der Waals surface area contributed by atoms with Crippen molar-refractivity contribution in [2.24, 2.45) is 0 Å². The van der Waals surface area contributed by atoms with Crippen LogP contribution in [0.1, 0.15) is 83.3 Å². The largest absolute Gasteiger partial charge is 0.508 e. The maximum atomic E-state index is 13.8. The van der Waals surface area contributed by atoms with Gasteiger partial charge in [0, 0.05) is 72.0 Å². The summed E-state index contributed by atoms with van der Waals surface area (Å²) < 4.78 is 63.5. The Morgan fingerprint density at radius 2 is 1.38 bits per heavy atom. The number of amides is 6. The van der Waals surface area contributed by atoms with Gasteiger partial charge >= 0.3 is 39.2 Å². The average molecular weight is 1480 g/mol. The number of phenolic OH excluding ortho intramolecular Hbond substituents is 1. The molecule has 1 aliphatic carbocycles. The van der Waals surface area contributed by atoms with Crippen molar-refractivity contribution in [1.82, 2.24) is 41.5 Å². The van der Waals surface area contributed by atoms with Gasteiger partial charge in [-0.25, -0.2) is 23.5 Å². The van der Waals surface area contributed by atoms with Crippen LogP contribution in [0.5, 0.6) is 5.75 Å². The van der Waals surface area contributed by atoms with Crippen molar-refractivity contribution in [2.75, 3.05) is 25.1 Å². The molecule has 4 aliphatic rings. The summed E-state index contributed by atoms with van der Waals surface area (Å²) in [6.45, 7) is 3.20. The number of aliphatic hydroxyl groups is 4. The maximum Gasteiger partial charge on any atom is 0.483 e. The van der Waals surface area contributed by atoms with Crippen LogP contribution in [0.15, 0.2) is 85.7 Å². The molecule has 42 heteroatoms. The van der Waals surface area contributed by atoms with E-state index in [4.69, 9.17) is 27.7 Å². The zero-order valence-corrected chi connectivity index (χ0v) is 56.3. The highest BCUT2D eigenvalue weighted by Crippen LogP contribution is 2.61. The number of rotatable bonds is 34. The molecule has 4 heterocycles. The number of carbonyl (C=O) groups is 9. The van der Waals surface area contributed by atoms with Crippen LogP contribution in [0.25, 0.3) is 33.4 Å². The average Bonchev–Trinajstić information content (AvgIpc) is 0.858. The van der Waals surface area contributed by atoms with Crippen LogP contribution in [-0.2, 0) is 75.1 Å². The van der Waals surface area contributed by atoms with Crippen molar-refractivity contribution >= 4 is 85.7 Å². The van der Waals surface area contributed by atoms with E-state index in [1.54, 1.807) is 6.07 Å². The number of aromatic nitrogens is 2. The number of carboxylic acid groups (broad SMARTS) is 3. The number of aliphatic hydroxyl groups excluding tert-OH is 4. The van der Waals surface area contributed by atoms with E-state index >= 15 is 0 Å². The van der Waals surface area contributed by atoms with Crippen LogP contribution in [0.3, 0.4) is 0 Å². The first kappa shape index (κ1) is 79.9. The van der Waals surface area contributed by atoms with Crippen molar-refractivity contribution in [1.29, 1.82) is 0 Å². The summed E-state index contributed by atoms with van der Waals surface area (Å²) in [5, 5.41) is 99.8. The second kappa shape index (κ2) is 34.5. The summed E-state index contributed by atoms with van der Waals surface area (Å²) in [5.41, 5.74) is -1.14. The molecule has 17 atom stereocenters. The van der Waals surface area contributed by atoms with Gasteiger partial charge in [0.05, 0.1) is 18.8 Å². The molecule has 1 aromatic heterocycles. The van der Waals surface area contributed by atoms with Gasteiger partial charge in [0.2, 0.25) is 35.4 Å². The first-order chi connectivity index (χ1) is 47.9. The molecule has 0 radical (unpaired) electrons. The molecule has 102 heavy (non-hydrogen) atoms. The number of phenols is 1. The number of nitrogens with zero attached hydrogens (tertiary/aromatic N) is 1. The number of aliphatic carboxylic acids is 2. The molecule has 556 valence electrons. The number of aromatic amines is 1. The Labute approximate surface area is 575 Å². The van der Waals surface area contributed by atoms with Crippen LogP contribution in [0.2, 0.25) is 0 Å². The predicted octanol–water partition coefficient (Wildman–Crippen LogP) is -2.24. The zero-order chi connectivity index (χ0) is 75.4. The zero-order valence-electron chi connectivity index (χ0n) is 54.6. The van der Waals surface area contributed by atoms with Gasteiger partial charge in [0.15, 0.2) is 17.9 Å².